The van der Waals surface area contributed by atoms with Gasteiger partial charge in [0.2, 0.25) is 0 Å². The number of alkyl halides is 1. The Morgan fingerprint density at radius 2 is 2.41 bits per heavy atom. The van der Waals surface area contributed by atoms with Crippen molar-refractivity contribution in [2.75, 3.05) is 12.4 Å². The summed E-state index contributed by atoms with van der Waals surface area (Å²) < 4.78 is 4.95. The monoisotopic (exact) mass is 256 g/mol. The van der Waals surface area contributed by atoms with Crippen molar-refractivity contribution in [2.24, 2.45) is 0 Å². The van der Waals surface area contributed by atoms with Crippen molar-refractivity contribution in [3.8, 4) is 0 Å². The molecule has 1 aromatic heterocycles. The maximum absolute atomic E-state index is 12.4. The maximum Gasteiger partial charge on any atom is 0.259 e. The first-order chi connectivity index (χ1) is 8.24. The standard InChI is InChI=1S/C12H17ClN2O2/c1-9-11(8-14-17-9)12(16)15-6-4-2-3-5-10(15)7-13/h8,10H,2-7H2,1H3. The smallest absolute Gasteiger partial charge is 0.259 e. The number of likely N-dealkylation sites (tertiary alicyclic amines) is 1. The molecule has 1 aromatic rings. The van der Waals surface area contributed by atoms with Gasteiger partial charge < -0.3 is 9.42 Å². The Kier molecular flexibility index (Phi) is 4.05. The topological polar surface area (TPSA) is 46.3 Å². The van der Waals surface area contributed by atoms with Crippen LogP contribution in [0.15, 0.2) is 10.7 Å². The first-order valence-electron chi connectivity index (χ1n) is 6.02. The second-order valence-corrected chi connectivity index (χ2v) is 4.76. The van der Waals surface area contributed by atoms with Crippen molar-refractivity contribution in [3.05, 3.63) is 17.5 Å². The maximum atomic E-state index is 12.4. The predicted octanol–water partition coefficient (Wildman–Crippen LogP) is 2.61. The van der Waals surface area contributed by atoms with Crippen LogP contribution in [-0.2, 0) is 0 Å². The molecular weight excluding hydrogens is 240 g/mol. The molecule has 0 aromatic carbocycles. The van der Waals surface area contributed by atoms with E-state index in [1.54, 1.807) is 6.92 Å². The van der Waals surface area contributed by atoms with Gasteiger partial charge in [-0.1, -0.05) is 18.0 Å². The fourth-order valence-electron chi connectivity index (χ4n) is 2.26. The number of amides is 1. The number of hydrogen-bond acceptors (Lipinski definition) is 3. The third-order valence-electron chi connectivity index (χ3n) is 3.30. The van der Waals surface area contributed by atoms with Crippen molar-refractivity contribution in [1.29, 1.82) is 0 Å². The highest BCUT2D eigenvalue weighted by molar-refractivity contribution is 6.18. The summed E-state index contributed by atoms with van der Waals surface area (Å²) in [5, 5.41) is 3.66. The number of aromatic nitrogens is 1. The normalized spacial score (nSPS) is 21.3. The highest BCUT2D eigenvalue weighted by Crippen LogP contribution is 2.21. The molecule has 4 nitrogen and oxygen atoms in total. The van der Waals surface area contributed by atoms with Crippen LogP contribution >= 0.6 is 11.6 Å². The van der Waals surface area contributed by atoms with Crippen LogP contribution in [-0.4, -0.2) is 34.4 Å². The average molecular weight is 257 g/mol. The quantitative estimate of drug-likeness (QED) is 0.764. The van der Waals surface area contributed by atoms with Crippen molar-refractivity contribution in [3.63, 3.8) is 0 Å². The van der Waals surface area contributed by atoms with E-state index in [4.69, 9.17) is 16.1 Å². The van der Waals surface area contributed by atoms with E-state index in [-0.39, 0.29) is 11.9 Å². The van der Waals surface area contributed by atoms with Crippen molar-refractivity contribution < 1.29 is 9.32 Å². The summed E-state index contributed by atoms with van der Waals surface area (Å²) >= 11 is 5.96. The second-order valence-electron chi connectivity index (χ2n) is 4.45. The molecule has 2 rings (SSSR count). The lowest BCUT2D eigenvalue weighted by molar-refractivity contribution is 0.0698. The highest BCUT2D eigenvalue weighted by Gasteiger charge is 2.27. The number of rotatable bonds is 2. The molecule has 0 saturated carbocycles. The fraction of sp³-hybridized carbons (Fsp3) is 0.667. The van der Waals surface area contributed by atoms with Crippen LogP contribution in [0.4, 0.5) is 0 Å². The van der Waals surface area contributed by atoms with Crippen LogP contribution in [0.25, 0.3) is 0 Å². The zero-order valence-electron chi connectivity index (χ0n) is 9.99. The molecule has 17 heavy (non-hydrogen) atoms. The molecule has 94 valence electrons. The Bertz CT molecular complexity index is 392. The van der Waals surface area contributed by atoms with E-state index in [1.165, 1.54) is 12.6 Å². The van der Waals surface area contributed by atoms with E-state index >= 15 is 0 Å². The average Bonchev–Trinajstić information content (AvgIpc) is 2.64. The number of carbonyl (C=O) groups excluding carboxylic acids is 1. The largest absolute Gasteiger partial charge is 0.361 e. The lowest BCUT2D eigenvalue weighted by atomic mass is 10.1. The summed E-state index contributed by atoms with van der Waals surface area (Å²) in [6.07, 6.45) is 5.83. The summed E-state index contributed by atoms with van der Waals surface area (Å²) in [6.45, 7) is 2.54. The SMILES string of the molecule is Cc1oncc1C(=O)N1CCCCCC1CCl. The van der Waals surface area contributed by atoms with Gasteiger partial charge in [-0.2, -0.15) is 0 Å². The van der Waals surface area contributed by atoms with Crippen LogP contribution in [0.2, 0.25) is 0 Å². The van der Waals surface area contributed by atoms with Gasteiger partial charge in [0.1, 0.15) is 11.3 Å². The lowest BCUT2D eigenvalue weighted by Gasteiger charge is -2.28. The van der Waals surface area contributed by atoms with Crippen molar-refractivity contribution >= 4 is 17.5 Å². The molecule has 1 saturated heterocycles. The van der Waals surface area contributed by atoms with Gasteiger partial charge in [0, 0.05) is 18.5 Å². The molecule has 0 bridgehead atoms. The lowest BCUT2D eigenvalue weighted by Crippen LogP contribution is -2.41. The molecule has 1 unspecified atom stereocenters. The van der Waals surface area contributed by atoms with Crippen molar-refractivity contribution in [2.45, 2.75) is 38.6 Å². The summed E-state index contributed by atoms with van der Waals surface area (Å²) in [4.78, 5) is 14.2. The zero-order chi connectivity index (χ0) is 12.3. The minimum absolute atomic E-state index is 0.00343. The zero-order valence-corrected chi connectivity index (χ0v) is 10.7. The summed E-state index contributed by atoms with van der Waals surface area (Å²) in [7, 11) is 0. The summed E-state index contributed by atoms with van der Waals surface area (Å²) in [5.41, 5.74) is 0.557. The summed E-state index contributed by atoms with van der Waals surface area (Å²) in [5.74, 6) is 1.07. The van der Waals surface area contributed by atoms with E-state index in [0.29, 0.717) is 17.2 Å². The van der Waals surface area contributed by atoms with Crippen LogP contribution < -0.4 is 0 Å². The van der Waals surface area contributed by atoms with Gasteiger partial charge in [-0.3, -0.25) is 4.79 Å². The first-order valence-corrected chi connectivity index (χ1v) is 6.55. The molecular formula is C12H17ClN2O2. The van der Waals surface area contributed by atoms with Crippen LogP contribution in [0.3, 0.4) is 0 Å². The predicted molar refractivity (Wildman–Crippen MR) is 65.3 cm³/mol. The van der Waals surface area contributed by atoms with E-state index in [2.05, 4.69) is 5.16 Å². The molecule has 0 radical (unpaired) electrons. The molecule has 0 spiro atoms. The number of hydrogen-bond donors (Lipinski definition) is 0. The Morgan fingerprint density at radius 3 is 3.06 bits per heavy atom. The van der Waals surface area contributed by atoms with Gasteiger partial charge in [-0.05, 0) is 19.8 Å². The van der Waals surface area contributed by atoms with Crippen LogP contribution in [0.5, 0.6) is 0 Å². The minimum atomic E-state index is -0.00343. The third-order valence-corrected chi connectivity index (χ3v) is 3.65. The van der Waals surface area contributed by atoms with Gasteiger partial charge in [-0.25, -0.2) is 0 Å². The van der Waals surface area contributed by atoms with Gasteiger partial charge >= 0.3 is 0 Å². The van der Waals surface area contributed by atoms with E-state index < -0.39 is 0 Å². The molecule has 0 aliphatic carbocycles. The summed E-state index contributed by atoms with van der Waals surface area (Å²) in [6, 6.07) is 0.140. The molecule has 2 heterocycles. The number of carbonyl (C=O) groups is 1. The number of aryl methyl sites for hydroxylation is 1. The molecule has 1 aliphatic heterocycles. The van der Waals surface area contributed by atoms with Gasteiger partial charge in [0.25, 0.3) is 5.91 Å². The Labute approximate surface area is 106 Å². The van der Waals surface area contributed by atoms with Crippen molar-refractivity contribution in [1.82, 2.24) is 10.1 Å². The Morgan fingerprint density at radius 1 is 1.59 bits per heavy atom. The fourth-order valence-corrected chi connectivity index (χ4v) is 2.58. The van der Waals surface area contributed by atoms with E-state index in [9.17, 15) is 4.79 Å². The second kappa shape index (κ2) is 5.54. The highest BCUT2D eigenvalue weighted by atomic mass is 35.5. The van der Waals surface area contributed by atoms with E-state index in [1.807, 2.05) is 4.90 Å². The minimum Gasteiger partial charge on any atom is -0.361 e. The molecule has 1 atom stereocenters. The number of halogens is 1. The molecule has 1 amide bonds. The Balaban J connectivity index is 2.18. The number of nitrogens with zero attached hydrogens (tertiary/aromatic N) is 2. The van der Waals surface area contributed by atoms with Gasteiger partial charge in [-0.15, -0.1) is 11.6 Å². The van der Waals surface area contributed by atoms with E-state index in [0.717, 1.165) is 25.8 Å². The van der Waals surface area contributed by atoms with Gasteiger partial charge in [0.15, 0.2) is 0 Å². The van der Waals surface area contributed by atoms with Gasteiger partial charge in [0.05, 0.1) is 6.20 Å². The van der Waals surface area contributed by atoms with Crippen LogP contribution in [0.1, 0.15) is 41.8 Å². The first kappa shape index (κ1) is 12.4. The molecule has 1 aliphatic rings. The third kappa shape index (κ3) is 2.63. The van der Waals surface area contributed by atoms with Crippen LogP contribution in [0, 0.1) is 6.92 Å². The molecule has 0 N–H and O–H groups in total. The molecule has 5 heteroatoms. The molecule has 1 fully saturated rings. The Hall–Kier alpha value is -1.03.